The van der Waals surface area contributed by atoms with Crippen molar-refractivity contribution in [3.8, 4) is 0 Å². The lowest BCUT2D eigenvalue weighted by Gasteiger charge is -2.06. The van der Waals surface area contributed by atoms with Crippen LogP contribution in [0.5, 0.6) is 0 Å². The van der Waals surface area contributed by atoms with Gasteiger partial charge in [-0.2, -0.15) is 0 Å². The van der Waals surface area contributed by atoms with Crippen molar-refractivity contribution in [3.05, 3.63) is 45.6 Å². The monoisotopic (exact) mass is 284 g/mol. The summed E-state index contributed by atoms with van der Waals surface area (Å²) in [7, 11) is 0. The molecule has 0 saturated carbocycles. The molecule has 2 aromatic rings. The predicted molar refractivity (Wildman–Crippen MR) is 70.4 cm³/mol. The Morgan fingerprint density at radius 1 is 1.33 bits per heavy atom. The molecule has 0 aliphatic heterocycles. The van der Waals surface area contributed by atoms with Crippen LogP contribution in [-0.2, 0) is 0 Å². The summed E-state index contributed by atoms with van der Waals surface area (Å²) in [5, 5.41) is 3.30. The number of nitrogens with one attached hydrogen (secondary N) is 1. The molecule has 0 fully saturated rings. The lowest BCUT2D eigenvalue weighted by atomic mass is 10.3. The highest BCUT2D eigenvalue weighted by molar-refractivity contribution is 6.44. The number of nitrogens with zero attached hydrogens (tertiary/aromatic N) is 1. The summed E-state index contributed by atoms with van der Waals surface area (Å²) in [6.45, 7) is 3.38. The molecule has 0 unspecified atom stereocenters. The van der Waals surface area contributed by atoms with E-state index in [0.29, 0.717) is 27.3 Å². The minimum atomic E-state index is -0.405. The standard InChI is InChI=1S/C12H10Cl2N2O2/c1-6-11(18-7(2)15-6)12(17)16-9-5-3-4-8(13)10(9)14/h3-5H,1-2H3,(H,16,17). The molecule has 0 radical (unpaired) electrons. The van der Waals surface area contributed by atoms with Crippen molar-refractivity contribution >= 4 is 34.8 Å². The van der Waals surface area contributed by atoms with E-state index in [0.717, 1.165) is 0 Å². The Balaban J connectivity index is 2.27. The van der Waals surface area contributed by atoms with Crippen LogP contribution < -0.4 is 5.32 Å². The summed E-state index contributed by atoms with van der Waals surface area (Å²) in [6, 6.07) is 5.00. The number of oxazole rings is 1. The SMILES string of the molecule is Cc1nc(C)c(C(=O)Nc2cccc(Cl)c2Cl)o1. The number of amides is 1. The number of carbonyl (C=O) groups is 1. The Morgan fingerprint density at radius 3 is 2.67 bits per heavy atom. The second-order valence-corrected chi connectivity index (χ2v) is 4.49. The number of hydrogen-bond donors (Lipinski definition) is 1. The highest BCUT2D eigenvalue weighted by Crippen LogP contribution is 2.30. The van der Waals surface area contributed by atoms with Gasteiger partial charge in [0.25, 0.3) is 5.91 Å². The van der Waals surface area contributed by atoms with Crippen LogP contribution >= 0.6 is 23.2 Å². The van der Waals surface area contributed by atoms with E-state index < -0.39 is 5.91 Å². The van der Waals surface area contributed by atoms with Gasteiger partial charge in [0.05, 0.1) is 21.4 Å². The van der Waals surface area contributed by atoms with E-state index in [1.54, 1.807) is 32.0 Å². The molecule has 1 amide bonds. The van der Waals surface area contributed by atoms with Crippen LogP contribution in [0.25, 0.3) is 0 Å². The average Bonchev–Trinajstić information content (AvgIpc) is 2.64. The Kier molecular flexibility index (Phi) is 3.59. The third-order valence-electron chi connectivity index (χ3n) is 2.31. The molecule has 2 rings (SSSR count). The van der Waals surface area contributed by atoms with Gasteiger partial charge in [0.15, 0.2) is 5.89 Å². The number of aromatic nitrogens is 1. The highest BCUT2D eigenvalue weighted by atomic mass is 35.5. The second kappa shape index (κ2) is 5.00. The van der Waals surface area contributed by atoms with Gasteiger partial charge in [-0.05, 0) is 19.1 Å². The van der Waals surface area contributed by atoms with Gasteiger partial charge in [0.2, 0.25) is 5.76 Å². The summed E-state index contributed by atoms with van der Waals surface area (Å²) in [4.78, 5) is 16.0. The summed E-state index contributed by atoms with van der Waals surface area (Å²) < 4.78 is 5.22. The second-order valence-electron chi connectivity index (χ2n) is 3.70. The minimum absolute atomic E-state index is 0.170. The van der Waals surface area contributed by atoms with Gasteiger partial charge < -0.3 is 9.73 Å². The van der Waals surface area contributed by atoms with E-state index in [4.69, 9.17) is 27.6 Å². The predicted octanol–water partition coefficient (Wildman–Crippen LogP) is 3.85. The number of rotatable bonds is 2. The zero-order valence-corrected chi connectivity index (χ0v) is 11.3. The summed E-state index contributed by atoms with van der Waals surface area (Å²) >= 11 is 11.8. The molecule has 0 atom stereocenters. The van der Waals surface area contributed by atoms with Crippen LogP contribution in [0.1, 0.15) is 22.1 Å². The van der Waals surface area contributed by atoms with Crippen LogP contribution in [0.4, 0.5) is 5.69 Å². The normalized spacial score (nSPS) is 10.4. The molecule has 0 aliphatic rings. The Labute approximate surface area is 114 Å². The number of carbonyl (C=O) groups excluding carboxylic acids is 1. The molecule has 1 N–H and O–H groups in total. The van der Waals surface area contributed by atoms with Crippen molar-refractivity contribution in [3.63, 3.8) is 0 Å². The van der Waals surface area contributed by atoms with Gasteiger partial charge in [-0.1, -0.05) is 29.3 Å². The maximum absolute atomic E-state index is 12.0. The topological polar surface area (TPSA) is 55.1 Å². The fourth-order valence-corrected chi connectivity index (χ4v) is 1.87. The van der Waals surface area contributed by atoms with Crippen LogP contribution in [-0.4, -0.2) is 10.9 Å². The first-order valence-electron chi connectivity index (χ1n) is 5.18. The van der Waals surface area contributed by atoms with E-state index in [2.05, 4.69) is 10.3 Å². The third-order valence-corrected chi connectivity index (χ3v) is 3.13. The van der Waals surface area contributed by atoms with Gasteiger partial charge in [0.1, 0.15) is 0 Å². The molecule has 1 aromatic heterocycles. The number of anilines is 1. The molecule has 0 aliphatic carbocycles. The quantitative estimate of drug-likeness (QED) is 0.911. The lowest BCUT2D eigenvalue weighted by molar-refractivity contribution is 0.0994. The minimum Gasteiger partial charge on any atom is -0.436 e. The number of hydrogen-bond acceptors (Lipinski definition) is 3. The zero-order valence-electron chi connectivity index (χ0n) is 9.75. The molecule has 0 bridgehead atoms. The van der Waals surface area contributed by atoms with Gasteiger partial charge in [-0.25, -0.2) is 4.98 Å². The molecule has 1 aromatic carbocycles. The van der Waals surface area contributed by atoms with Crippen LogP contribution in [0.2, 0.25) is 10.0 Å². The van der Waals surface area contributed by atoms with E-state index in [-0.39, 0.29) is 5.76 Å². The smallest absolute Gasteiger partial charge is 0.293 e. The summed E-state index contributed by atoms with van der Waals surface area (Å²) in [5.41, 5.74) is 0.964. The van der Waals surface area contributed by atoms with Crippen molar-refractivity contribution in [2.45, 2.75) is 13.8 Å². The third kappa shape index (κ3) is 2.49. The fraction of sp³-hybridized carbons (Fsp3) is 0.167. The van der Waals surface area contributed by atoms with Crippen LogP contribution in [0, 0.1) is 13.8 Å². The molecule has 0 saturated heterocycles. The maximum atomic E-state index is 12.0. The Hall–Kier alpha value is -1.52. The summed E-state index contributed by atoms with van der Waals surface area (Å²) in [5.74, 6) is 0.204. The largest absolute Gasteiger partial charge is 0.436 e. The van der Waals surface area contributed by atoms with Gasteiger partial charge in [0, 0.05) is 6.92 Å². The first-order chi connectivity index (χ1) is 8.49. The van der Waals surface area contributed by atoms with Crippen molar-refractivity contribution in [2.24, 2.45) is 0 Å². The van der Waals surface area contributed by atoms with E-state index in [9.17, 15) is 4.79 Å². The zero-order chi connectivity index (χ0) is 13.3. The molecule has 6 heteroatoms. The summed E-state index contributed by atoms with van der Waals surface area (Å²) in [6.07, 6.45) is 0. The molecule has 94 valence electrons. The van der Waals surface area contributed by atoms with E-state index >= 15 is 0 Å². The van der Waals surface area contributed by atoms with Gasteiger partial charge >= 0.3 is 0 Å². The Morgan fingerprint density at radius 2 is 2.06 bits per heavy atom. The van der Waals surface area contributed by atoms with E-state index in [1.165, 1.54) is 0 Å². The molecular weight excluding hydrogens is 275 g/mol. The molecule has 18 heavy (non-hydrogen) atoms. The fourth-order valence-electron chi connectivity index (χ4n) is 1.52. The molecule has 1 heterocycles. The molecular formula is C12H10Cl2N2O2. The Bertz CT molecular complexity index is 608. The number of benzene rings is 1. The van der Waals surface area contributed by atoms with E-state index in [1.807, 2.05) is 0 Å². The van der Waals surface area contributed by atoms with Crippen molar-refractivity contribution < 1.29 is 9.21 Å². The number of halogens is 2. The first-order valence-corrected chi connectivity index (χ1v) is 5.94. The van der Waals surface area contributed by atoms with Crippen LogP contribution in [0.3, 0.4) is 0 Å². The lowest BCUT2D eigenvalue weighted by Crippen LogP contribution is -2.12. The van der Waals surface area contributed by atoms with Crippen LogP contribution in [0.15, 0.2) is 22.6 Å². The number of aryl methyl sites for hydroxylation is 2. The van der Waals surface area contributed by atoms with Gasteiger partial charge in [-0.15, -0.1) is 0 Å². The van der Waals surface area contributed by atoms with Crippen molar-refractivity contribution in [1.82, 2.24) is 4.98 Å². The maximum Gasteiger partial charge on any atom is 0.293 e. The van der Waals surface area contributed by atoms with Crippen molar-refractivity contribution in [1.29, 1.82) is 0 Å². The molecule has 4 nitrogen and oxygen atoms in total. The molecule has 0 spiro atoms. The average molecular weight is 285 g/mol. The van der Waals surface area contributed by atoms with Gasteiger partial charge in [-0.3, -0.25) is 4.79 Å². The highest BCUT2D eigenvalue weighted by Gasteiger charge is 2.17. The van der Waals surface area contributed by atoms with Crippen molar-refractivity contribution in [2.75, 3.05) is 5.32 Å². The first kappa shape index (κ1) is 12.9.